The van der Waals surface area contributed by atoms with E-state index in [2.05, 4.69) is 49.2 Å². The number of aryl methyl sites for hydroxylation is 2. The second-order valence-electron chi connectivity index (χ2n) is 5.78. The standard InChI is InChI=1S/C18H20ClN3/c1-12-3-4-13(2)17(9-12)22-18(10-16(11-20)21-22)14-5-7-15(19)8-6-14/h3-9,18H,10-11,20H2,1-2H3. The highest BCUT2D eigenvalue weighted by Crippen LogP contribution is 2.37. The molecule has 3 rings (SSSR count). The van der Waals surface area contributed by atoms with E-state index in [4.69, 9.17) is 22.4 Å². The molecule has 114 valence electrons. The monoisotopic (exact) mass is 313 g/mol. The smallest absolute Gasteiger partial charge is 0.0828 e. The van der Waals surface area contributed by atoms with Gasteiger partial charge in [0.15, 0.2) is 0 Å². The molecule has 2 aromatic carbocycles. The highest BCUT2D eigenvalue weighted by atomic mass is 35.5. The van der Waals surface area contributed by atoms with Crippen LogP contribution in [-0.4, -0.2) is 12.3 Å². The normalized spacial score (nSPS) is 17.7. The number of halogens is 1. The average Bonchev–Trinajstić information content (AvgIpc) is 2.94. The molecule has 3 nitrogen and oxygen atoms in total. The summed E-state index contributed by atoms with van der Waals surface area (Å²) in [4.78, 5) is 0. The SMILES string of the molecule is Cc1ccc(C)c(N2N=C(CN)CC2c2ccc(Cl)cc2)c1. The molecule has 4 heteroatoms. The van der Waals surface area contributed by atoms with Gasteiger partial charge in [0.25, 0.3) is 0 Å². The fourth-order valence-electron chi connectivity index (χ4n) is 2.83. The second kappa shape index (κ2) is 6.11. The molecule has 1 aliphatic heterocycles. The van der Waals surface area contributed by atoms with Gasteiger partial charge in [0.05, 0.1) is 17.4 Å². The van der Waals surface area contributed by atoms with Crippen molar-refractivity contribution in [2.75, 3.05) is 11.6 Å². The molecule has 22 heavy (non-hydrogen) atoms. The predicted molar refractivity (Wildman–Crippen MR) is 93.7 cm³/mol. The third-order valence-corrected chi connectivity index (χ3v) is 4.33. The zero-order valence-corrected chi connectivity index (χ0v) is 13.6. The number of nitrogens with zero attached hydrogens (tertiary/aromatic N) is 2. The van der Waals surface area contributed by atoms with Crippen molar-refractivity contribution in [3.63, 3.8) is 0 Å². The van der Waals surface area contributed by atoms with Crippen molar-refractivity contribution in [1.29, 1.82) is 0 Å². The number of hydrogen-bond acceptors (Lipinski definition) is 3. The Morgan fingerprint density at radius 3 is 2.59 bits per heavy atom. The van der Waals surface area contributed by atoms with Crippen LogP contribution in [0.3, 0.4) is 0 Å². The Labute approximate surface area is 136 Å². The molecule has 1 aliphatic rings. The molecule has 0 saturated carbocycles. The average molecular weight is 314 g/mol. The molecule has 0 fully saturated rings. The molecule has 1 heterocycles. The van der Waals surface area contributed by atoms with Gasteiger partial charge in [-0.1, -0.05) is 35.9 Å². The predicted octanol–water partition coefficient (Wildman–Crippen LogP) is 4.22. The Kier molecular flexibility index (Phi) is 4.19. The summed E-state index contributed by atoms with van der Waals surface area (Å²) < 4.78 is 0. The number of hydrogen-bond donors (Lipinski definition) is 1. The van der Waals surface area contributed by atoms with Gasteiger partial charge in [-0.15, -0.1) is 0 Å². The molecule has 0 aliphatic carbocycles. The van der Waals surface area contributed by atoms with Crippen molar-refractivity contribution in [3.8, 4) is 0 Å². The van der Waals surface area contributed by atoms with Crippen molar-refractivity contribution < 1.29 is 0 Å². The first-order chi connectivity index (χ1) is 10.6. The van der Waals surface area contributed by atoms with Gasteiger partial charge in [0.1, 0.15) is 0 Å². The Bertz CT molecular complexity index is 707. The van der Waals surface area contributed by atoms with Crippen LogP contribution in [0.25, 0.3) is 0 Å². The van der Waals surface area contributed by atoms with Crippen LogP contribution in [0, 0.1) is 13.8 Å². The number of anilines is 1. The highest BCUT2D eigenvalue weighted by Gasteiger charge is 2.29. The lowest BCUT2D eigenvalue weighted by Crippen LogP contribution is -2.19. The van der Waals surface area contributed by atoms with Gasteiger partial charge in [-0.3, -0.25) is 5.01 Å². The summed E-state index contributed by atoms with van der Waals surface area (Å²) in [7, 11) is 0. The summed E-state index contributed by atoms with van der Waals surface area (Å²) in [6.07, 6.45) is 0.853. The van der Waals surface area contributed by atoms with Gasteiger partial charge < -0.3 is 5.73 Å². The van der Waals surface area contributed by atoms with Gasteiger partial charge in [-0.2, -0.15) is 5.10 Å². The Hall–Kier alpha value is -1.84. The van der Waals surface area contributed by atoms with E-state index in [1.54, 1.807) is 0 Å². The first-order valence-corrected chi connectivity index (χ1v) is 7.84. The van der Waals surface area contributed by atoms with Crippen LogP contribution in [0.2, 0.25) is 5.02 Å². The first kappa shape index (κ1) is 15.1. The van der Waals surface area contributed by atoms with Gasteiger partial charge in [0, 0.05) is 18.0 Å². The van der Waals surface area contributed by atoms with Crippen LogP contribution in [0.15, 0.2) is 47.6 Å². The zero-order valence-electron chi connectivity index (χ0n) is 12.9. The van der Waals surface area contributed by atoms with E-state index in [1.165, 1.54) is 16.7 Å². The number of rotatable bonds is 3. The van der Waals surface area contributed by atoms with Crippen LogP contribution in [0.1, 0.15) is 29.2 Å². The molecular weight excluding hydrogens is 294 g/mol. The Morgan fingerprint density at radius 2 is 1.91 bits per heavy atom. The molecular formula is C18H20ClN3. The lowest BCUT2D eigenvalue weighted by molar-refractivity contribution is 0.706. The number of hydrazone groups is 1. The van der Waals surface area contributed by atoms with Gasteiger partial charge >= 0.3 is 0 Å². The maximum Gasteiger partial charge on any atom is 0.0828 e. The summed E-state index contributed by atoms with van der Waals surface area (Å²) in [5, 5.41) is 7.61. The molecule has 0 spiro atoms. The third kappa shape index (κ3) is 2.87. The van der Waals surface area contributed by atoms with Gasteiger partial charge in [-0.05, 0) is 48.7 Å². The summed E-state index contributed by atoms with van der Waals surface area (Å²) >= 11 is 6.01. The summed E-state index contributed by atoms with van der Waals surface area (Å²) in [5.74, 6) is 0. The number of nitrogens with two attached hydrogens (primary N) is 1. The zero-order chi connectivity index (χ0) is 15.7. The fourth-order valence-corrected chi connectivity index (χ4v) is 2.95. The van der Waals surface area contributed by atoms with E-state index < -0.39 is 0 Å². The topological polar surface area (TPSA) is 41.6 Å². The quantitative estimate of drug-likeness (QED) is 0.921. The first-order valence-electron chi connectivity index (χ1n) is 7.47. The van der Waals surface area contributed by atoms with E-state index in [1.807, 2.05) is 12.1 Å². The van der Waals surface area contributed by atoms with Crippen molar-refractivity contribution >= 4 is 23.0 Å². The summed E-state index contributed by atoms with van der Waals surface area (Å²) in [6.45, 7) is 4.71. The lowest BCUT2D eigenvalue weighted by Gasteiger charge is -2.26. The van der Waals surface area contributed by atoms with Crippen LogP contribution in [-0.2, 0) is 0 Å². The fraction of sp³-hybridized carbons (Fsp3) is 0.278. The summed E-state index contributed by atoms with van der Waals surface area (Å²) in [5.41, 5.74) is 11.6. The maximum atomic E-state index is 6.01. The van der Waals surface area contributed by atoms with Crippen LogP contribution in [0.4, 0.5) is 5.69 Å². The van der Waals surface area contributed by atoms with Gasteiger partial charge in [-0.25, -0.2) is 0 Å². The minimum absolute atomic E-state index is 0.177. The Balaban J connectivity index is 2.03. The van der Waals surface area contributed by atoms with E-state index >= 15 is 0 Å². The van der Waals surface area contributed by atoms with Crippen LogP contribution >= 0.6 is 11.6 Å². The molecule has 2 N–H and O–H groups in total. The second-order valence-corrected chi connectivity index (χ2v) is 6.21. The summed E-state index contributed by atoms with van der Waals surface area (Å²) in [6, 6.07) is 14.6. The molecule has 0 amide bonds. The van der Waals surface area contributed by atoms with Crippen LogP contribution in [0.5, 0.6) is 0 Å². The molecule has 2 aromatic rings. The molecule has 0 radical (unpaired) electrons. The molecule has 0 bridgehead atoms. The van der Waals surface area contributed by atoms with Crippen LogP contribution < -0.4 is 10.7 Å². The van der Waals surface area contributed by atoms with E-state index in [-0.39, 0.29) is 6.04 Å². The molecule has 0 saturated heterocycles. The highest BCUT2D eigenvalue weighted by molar-refractivity contribution is 6.30. The van der Waals surface area contributed by atoms with E-state index in [0.29, 0.717) is 6.54 Å². The molecule has 0 aromatic heterocycles. The maximum absolute atomic E-state index is 6.01. The number of benzene rings is 2. The van der Waals surface area contributed by atoms with Crippen molar-refractivity contribution in [2.24, 2.45) is 10.8 Å². The van der Waals surface area contributed by atoms with Crippen molar-refractivity contribution in [3.05, 3.63) is 64.2 Å². The minimum atomic E-state index is 0.177. The van der Waals surface area contributed by atoms with E-state index in [0.717, 1.165) is 22.8 Å². The Morgan fingerprint density at radius 1 is 1.18 bits per heavy atom. The molecule has 1 unspecified atom stereocenters. The van der Waals surface area contributed by atoms with Gasteiger partial charge in [0.2, 0.25) is 0 Å². The van der Waals surface area contributed by atoms with Crippen molar-refractivity contribution in [2.45, 2.75) is 26.3 Å². The minimum Gasteiger partial charge on any atom is -0.325 e. The third-order valence-electron chi connectivity index (χ3n) is 4.08. The van der Waals surface area contributed by atoms with E-state index in [9.17, 15) is 0 Å². The van der Waals surface area contributed by atoms with Crippen molar-refractivity contribution in [1.82, 2.24) is 0 Å². The molecule has 1 atom stereocenters. The lowest BCUT2D eigenvalue weighted by atomic mass is 10.0. The largest absolute Gasteiger partial charge is 0.325 e.